The fourth-order valence-electron chi connectivity index (χ4n) is 1.91. The highest BCUT2D eigenvalue weighted by atomic mass is 15.1. The van der Waals surface area contributed by atoms with Crippen LogP contribution in [0, 0.1) is 6.57 Å². The highest BCUT2D eigenvalue weighted by molar-refractivity contribution is 5.86. The first-order valence-corrected chi connectivity index (χ1v) is 5.90. The SMILES string of the molecule is [C-]#[N+]c1ccc2[nH]cc(CCN(C)CC)c2c1. The molecule has 17 heavy (non-hydrogen) atoms. The van der Waals surface area contributed by atoms with Gasteiger partial charge in [0.15, 0.2) is 5.69 Å². The molecule has 0 amide bonds. The van der Waals surface area contributed by atoms with Gasteiger partial charge in [-0.15, -0.1) is 0 Å². The zero-order valence-electron chi connectivity index (χ0n) is 10.3. The van der Waals surface area contributed by atoms with Crippen molar-refractivity contribution in [2.24, 2.45) is 0 Å². The summed E-state index contributed by atoms with van der Waals surface area (Å²) in [4.78, 5) is 9.03. The Hall–Kier alpha value is -1.79. The largest absolute Gasteiger partial charge is 0.361 e. The van der Waals surface area contributed by atoms with Crippen LogP contribution in [0.2, 0.25) is 0 Å². The second-order valence-corrected chi connectivity index (χ2v) is 4.30. The predicted octanol–water partition coefficient (Wildman–Crippen LogP) is 3.21. The van der Waals surface area contributed by atoms with Crippen molar-refractivity contribution in [3.63, 3.8) is 0 Å². The van der Waals surface area contributed by atoms with Crippen molar-refractivity contribution in [1.29, 1.82) is 0 Å². The highest BCUT2D eigenvalue weighted by Crippen LogP contribution is 2.24. The molecule has 0 aliphatic carbocycles. The van der Waals surface area contributed by atoms with E-state index in [0.717, 1.165) is 25.0 Å². The van der Waals surface area contributed by atoms with Crippen LogP contribution in [0.25, 0.3) is 15.7 Å². The molecule has 1 aromatic heterocycles. The first kappa shape index (κ1) is 11.7. The minimum absolute atomic E-state index is 0.710. The Morgan fingerprint density at radius 3 is 2.94 bits per heavy atom. The Bertz CT molecular complexity index is 548. The number of nitrogens with one attached hydrogen (secondary N) is 1. The fourth-order valence-corrected chi connectivity index (χ4v) is 1.91. The molecule has 2 rings (SSSR count). The standard InChI is InChI=1S/C14H17N3/c1-4-17(3)8-7-11-10-16-14-6-5-12(15-2)9-13(11)14/h5-6,9-10,16H,4,7-8H2,1,3H3. The Morgan fingerprint density at radius 2 is 2.24 bits per heavy atom. The van der Waals surface area contributed by atoms with E-state index in [1.165, 1.54) is 10.9 Å². The molecular weight excluding hydrogens is 210 g/mol. The predicted molar refractivity (Wildman–Crippen MR) is 71.4 cm³/mol. The van der Waals surface area contributed by atoms with Gasteiger partial charge < -0.3 is 9.88 Å². The van der Waals surface area contributed by atoms with Gasteiger partial charge in [0, 0.05) is 18.3 Å². The Labute approximate surface area is 102 Å². The minimum atomic E-state index is 0.710. The van der Waals surface area contributed by atoms with E-state index < -0.39 is 0 Å². The van der Waals surface area contributed by atoms with Gasteiger partial charge in [-0.3, -0.25) is 0 Å². The quantitative estimate of drug-likeness (QED) is 0.796. The number of aromatic amines is 1. The minimum Gasteiger partial charge on any atom is -0.361 e. The third-order valence-electron chi connectivity index (χ3n) is 3.18. The lowest BCUT2D eigenvalue weighted by Crippen LogP contribution is -2.20. The summed E-state index contributed by atoms with van der Waals surface area (Å²) < 4.78 is 0. The van der Waals surface area contributed by atoms with E-state index in [-0.39, 0.29) is 0 Å². The molecule has 88 valence electrons. The van der Waals surface area contributed by atoms with Crippen LogP contribution in [0.15, 0.2) is 24.4 Å². The van der Waals surface area contributed by atoms with E-state index in [9.17, 15) is 0 Å². The number of rotatable bonds is 4. The average molecular weight is 227 g/mol. The fraction of sp³-hybridized carbons (Fsp3) is 0.357. The number of nitrogens with zero attached hydrogens (tertiary/aromatic N) is 2. The summed E-state index contributed by atoms with van der Waals surface area (Å²) in [6, 6.07) is 5.81. The molecule has 0 radical (unpaired) electrons. The lowest BCUT2D eigenvalue weighted by Gasteiger charge is -2.12. The molecule has 2 aromatic rings. The third kappa shape index (κ3) is 2.48. The van der Waals surface area contributed by atoms with Crippen LogP contribution in [0.5, 0.6) is 0 Å². The molecule has 0 fully saturated rings. The Kier molecular flexibility index (Phi) is 3.46. The molecule has 0 aliphatic heterocycles. The first-order valence-electron chi connectivity index (χ1n) is 5.90. The van der Waals surface area contributed by atoms with Crippen LogP contribution in [0.3, 0.4) is 0 Å². The van der Waals surface area contributed by atoms with Gasteiger partial charge >= 0.3 is 0 Å². The Morgan fingerprint density at radius 1 is 1.41 bits per heavy atom. The van der Waals surface area contributed by atoms with Crippen LogP contribution in [-0.2, 0) is 6.42 Å². The van der Waals surface area contributed by atoms with Crippen molar-refractivity contribution < 1.29 is 0 Å². The molecule has 0 saturated carbocycles. The van der Waals surface area contributed by atoms with Gasteiger partial charge in [0.25, 0.3) is 0 Å². The van der Waals surface area contributed by atoms with Crippen molar-refractivity contribution >= 4 is 16.6 Å². The van der Waals surface area contributed by atoms with E-state index in [1.54, 1.807) is 0 Å². The molecule has 1 heterocycles. The summed E-state index contributed by atoms with van der Waals surface area (Å²) in [5.74, 6) is 0. The number of hydrogen-bond donors (Lipinski definition) is 1. The zero-order chi connectivity index (χ0) is 12.3. The molecule has 0 unspecified atom stereocenters. The first-order chi connectivity index (χ1) is 8.24. The molecule has 1 N–H and O–H groups in total. The summed E-state index contributed by atoms with van der Waals surface area (Å²) >= 11 is 0. The second kappa shape index (κ2) is 5.03. The molecule has 0 aliphatic rings. The summed E-state index contributed by atoms with van der Waals surface area (Å²) in [5, 5.41) is 1.18. The third-order valence-corrected chi connectivity index (χ3v) is 3.18. The Balaban J connectivity index is 2.25. The van der Waals surface area contributed by atoms with E-state index in [2.05, 4.69) is 34.9 Å². The molecule has 0 atom stereocenters. The lowest BCUT2D eigenvalue weighted by molar-refractivity contribution is 0.358. The van der Waals surface area contributed by atoms with E-state index in [1.807, 2.05) is 18.2 Å². The average Bonchev–Trinajstić information content (AvgIpc) is 2.78. The van der Waals surface area contributed by atoms with Crippen molar-refractivity contribution in [3.05, 3.63) is 41.4 Å². The van der Waals surface area contributed by atoms with Gasteiger partial charge in [0.1, 0.15) is 0 Å². The molecule has 3 nitrogen and oxygen atoms in total. The van der Waals surface area contributed by atoms with E-state index in [0.29, 0.717) is 5.69 Å². The van der Waals surface area contributed by atoms with Crippen molar-refractivity contribution in [2.75, 3.05) is 20.1 Å². The number of fused-ring (bicyclic) bond motifs is 1. The lowest BCUT2D eigenvalue weighted by atomic mass is 10.1. The van der Waals surface area contributed by atoms with Crippen LogP contribution < -0.4 is 0 Å². The summed E-state index contributed by atoms with van der Waals surface area (Å²) in [7, 11) is 2.12. The van der Waals surface area contributed by atoms with Gasteiger partial charge in [-0.05, 0) is 43.1 Å². The van der Waals surface area contributed by atoms with Gasteiger partial charge in [-0.1, -0.05) is 13.0 Å². The smallest absolute Gasteiger partial charge is 0.187 e. The van der Waals surface area contributed by atoms with Crippen LogP contribution >= 0.6 is 0 Å². The summed E-state index contributed by atoms with van der Waals surface area (Å²) in [6.07, 6.45) is 3.08. The maximum absolute atomic E-state index is 7.05. The zero-order valence-corrected chi connectivity index (χ0v) is 10.3. The van der Waals surface area contributed by atoms with Gasteiger partial charge in [-0.25, -0.2) is 4.85 Å². The van der Waals surface area contributed by atoms with Crippen molar-refractivity contribution in [3.8, 4) is 0 Å². The highest BCUT2D eigenvalue weighted by Gasteiger charge is 2.05. The molecule has 0 bridgehead atoms. The molecule has 3 heteroatoms. The summed E-state index contributed by atoms with van der Waals surface area (Å²) in [5.41, 5.74) is 3.12. The monoisotopic (exact) mass is 227 g/mol. The van der Waals surface area contributed by atoms with Gasteiger partial charge in [0.2, 0.25) is 0 Å². The maximum Gasteiger partial charge on any atom is 0.187 e. The topological polar surface area (TPSA) is 23.4 Å². The normalized spacial score (nSPS) is 10.9. The number of H-pyrrole nitrogens is 1. The number of benzene rings is 1. The molecule has 0 saturated heterocycles. The van der Waals surface area contributed by atoms with Gasteiger partial charge in [0.05, 0.1) is 6.57 Å². The van der Waals surface area contributed by atoms with Crippen LogP contribution in [-0.4, -0.2) is 30.0 Å². The number of hydrogen-bond acceptors (Lipinski definition) is 1. The van der Waals surface area contributed by atoms with Crippen molar-refractivity contribution in [1.82, 2.24) is 9.88 Å². The second-order valence-electron chi connectivity index (χ2n) is 4.30. The van der Waals surface area contributed by atoms with E-state index >= 15 is 0 Å². The summed E-state index contributed by atoms with van der Waals surface area (Å²) in [6.45, 7) is 11.3. The molecule has 0 spiro atoms. The van der Waals surface area contributed by atoms with Crippen LogP contribution in [0.4, 0.5) is 5.69 Å². The van der Waals surface area contributed by atoms with Gasteiger partial charge in [-0.2, -0.15) is 0 Å². The number of aromatic nitrogens is 1. The maximum atomic E-state index is 7.05. The molecule has 1 aromatic carbocycles. The van der Waals surface area contributed by atoms with E-state index in [4.69, 9.17) is 6.57 Å². The van der Waals surface area contributed by atoms with Crippen LogP contribution in [0.1, 0.15) is 12.5 Å². The number of likely N-dealkylation sites (N-methyl/N-ethyl adjacent to an activating group) is 1. The van der Waals surface area contributed by atoms with Crippen molar-refractivity contribution in [2.45, 2.75) is 13.3 Å². The molecular formula is C14H17N3.